The molecule has 0 aliphatic heterocycles. The molecule has 1 rings (SSSR count). The molecule has 0 aliphatic carbocycles. The van der Waals surface area contributed by atoms with Crippen molar-refractivity contribution in [2.45, 2.75) is 39.7 Å². The van der Waals surface area contributed by atoms with Gasteiger partial charge in [0.25, 0.3) is 0 Å². The van der Waals surface area contributed by atoms with E-state index < -0.39 is 0 Å². The number of carbonyl (C=O) groups excluding carboxylic acids is 1. The lowest BCUT2D eigenvalue weighted by atomic mass is 10.0. The van der Waals surface area contributed by atoms with Crippen LogP contribution >= 0.6 is 0 Å². The minimum atomic E-state index is -0.159. The lowest BCUT2D eigenvalue weighted by molar-refractivity contribution is -0.121. The van der Waals surface area contributed by atoms with Gasteiger partial charge in [-0.05, 0) is 51.0 Å². The van der Waals surface area contributed by atoms with Crippen LogP contribution in [-0.4, -0.2) is 25.1 Å². The zero-order chi connectivity index (χ0) is 14.5. The van der Waals surface area contributed by atoms with Crippen molar-refractivity contribution >= 4 is 11.6 Å². The molecule has 0 saturated heterocycles. The topological polar surface area (TPSA) is 50.4 Å². The molecule has 2 N–H and O–H groups in total. The molecule has 106 valence electrons. The molecular formula is C15H24N2O2. The van der Waals surface area contributed by atoms with Crippen LogP contribution in [0, 0.1) is 6.92 Å². The van der Waals surface area contributed by atoms with Crippen LogP contribution in [0.25, 0.3) is 0 Å². The van der Waals surface area contributed by atoms with Gasteiger partial charge in [0.15, 0.2) is 0 Å². The second-order valence-electron chi connectivity index (χ2n) is 5.32. The summed E-state index contributed by atoms with van der Waals surface area (Å²) in [5.74, 6) is 0.821. The first kappa shape index (κ1) is 15.3. The maximum atomic E-state index is 11.8. The Morgan fingerprint density at radius 3 is 2.58 bits per heavy atom. The largest absolute Gasteiger partial charge is 0.497 e. The Morgan fingerprint density at radius 1 is 1.37 bits per heavy atom. The number of nitrogens with one attached hydrogen (secondary N) is 2. The summed E-state index contributed by atoms with van der Waals surface area (Å²) in [6, 6.07) is 5.74. The number of ether oxygens (including phenoxy) is 1. The van der Waals surface area contributed by atoms with Crippen molar-refractivity contribution in [3.63, 3.8) is 0 Å². The maximum absolute atomic E-state index is 11.8. The van der Waals surface area contributed by atoms with E-state index in [4.69, 9.17) is 4.74 Å². The summed E-state index contributed by atoms with van der Waals surface area (Å²) < 4.78 is 5.15. The van der Waals surface area contributed by atoms with Crippen molar-refractivity contribution in [3.05, 3.63) is 23.8 Å². The average Bonchev–Trinajstić information content (AvgIpc) is 2.36. The molecule has 4 nitrogen and oxygen atoms in total. The molecule has 0 radical (unpaired) electrons. The van der Waals surface area contributed by atoms with Gasteiger partial charge < -0.3 is 15.4 Å². The summed E-state index contributed by atoms with van der Waals surface area (Å²) in [7, 11) is 1.64. The predicted octanol–water partition coefficient (Wildman–Crippen LogP) is 2.72. The van der Waals surface area contributed by atoms with E-state index in [9.17, 15) is 4.79 Å². The predicted molar refractivity (Wildman–Crippen MR) is 78.7 cm³/mol. The van der Waals surface area contributed by atoms with Gasteiger partial charge in [0.1, 0.15) is 5.75 Å². The highest BCUT2D eigenvalue weighted by molar-refractivity contribution is 5.81. The fourth-order valence-corrected chi connectivity index (χ4v) is 1.65. The minimum Gasteiger partial charge on any atom is -0.497 e. The van der Waals surface area contributed by atoms with Crippen molar-refractivity contribution in [2.24, 2.45) is 0 Å². The molecule has 1 amide bonds. The quantitative estimate of drug-likeness (QED) is 0.830. The van der Waals surface area contributed by atoms with E-state index >= 15 is 0 Å². The van der Waals surface area contributed by atoms with Gasteiger partial charge in [0.05, 0.1) is 13.7 Å². The van der Waals surface area contributed by atoms with Gasteiger partial charge in [-0.25, -0.2) is 0 Å². The Morgan fingerprint density at radius 2 is 2.05 bits per heavy atom. The van der Waals surface area contributed by atoms with Crippen molar-refractivity contribution in [3.8, 4) is 5.75 Å². The first-order chi connectivity index (χ1) is 8.88. The van der Waals surface area contributed by atoms with Gasteiger partial charge in [-0.2, -0.15) is 0 Å². The molecule has 19 heavy (non-hydrogen) atoms. The van der Waals surface area contributed by atoms with Gasteiger partial charge in [-0.1, -0.05) is 6.92 Å². The van der Waals surface area contributed by atoms with Crippen LogP contribution in [0.4, 0.5) is 5.69 Å². The first-order valence-electron chi connectivity index (χ1n) is 6.57. The average molecular weight is 264 g/mol. The number of methoxy groups -OCH3 is 1. The summed E-state index contributed by atoms with van der Waals surface area (Å²) in [6.07, 6.45) is 0.903. The van der Waals surface area contributed by atoms with Crippen LogP contribution in [0.5, 0.6) is 5.75 Å². The monoisotopic (exact) mass is 264 g/mol. The molecular weight excluding hydrogens is 240 g/mol. The zero-order valence-corrected chi connectivity index (χ0v) is 12.5. The molecule has 0 fully saturated rings. The van der Waals surface area contributed by atoms with E-state index in [0.717, 1.165) is 23.4 Å². The van der Waals surface area contributed by atoms with Crippen LogP contribution in [0.2, 0.25) is 0 Å². The molecule has 1 aromatic carbocycles. The summed E-state index contributed by atoms with van der Waals surface area (Å²) in [6.45, 7) is 8.35. The van der Waals surface area contributed by atoms with E-state index in [0.29, 0.717) is 0 Å². The van der Waals surface area contributed by atoms with Gasteiger partial charge in [0.2, 0.25) is 5.91 Å². The standard InChI is InChI=1S/C15H24N2O2/c1-6-15(3,4)17-14(18)10-16-13-8-7-12(19-5)9-11(13)2/h7-9,16H,6,10H2,1-5H3,(H,17,18). The first-order valence-corrected chi connectivity index (χ1v) is 6.57. The highest BCUT2D eigenvalue weighted by Gasteiger charge is 2.17. The molecule has 0 spiro atoms. The maximum Gasteiger partial charge on any atom is 0.239 e. The van der Waals surface area contributed by atoms with E-state index in [1.165, 1.54) is 0 Å². The SMILES string of the molecule is CCC(C)(C)NC(=O)CNc1ccc(OC)cc1C. The van der Waals surface area contributed by atoms with Crippen molar-refractivity contribution in [1.82, 2.24) is 5.32 Å². The van der Waals surface area contributed by atoms with Crippen LogP contribution in [0.1, 0.15) is 32.8 Å². The summed E-state index contributed by atoms with van der Waals surface area (Å²) in [4.78, 5) is 11.8. The van der Waals surface area contributed by atoms with E-state index in [1.54, 1.807) is 7.11 Å². The van der Waals surface area contributed by atoms with Crippen LogP contribution < -0.4 is 15.4 Å². The number of hydrogen-bond acceptors (Lipinski definition) is 3. The van der Waals surface area contributed by atoms with Gasteiger partial charge >= 0.3 is 0 Å². The second-order valence-corrected chi connectivity index (χ2v) is 5.32. The van der Waals surface area contributed by atoms with Gasteiger partial charge in [-0.15, -0.1) is 0 Å². The van der Waals surface area contributed by atoms with Crippen molar-refractivity contribution in [1.29, 1.82) is 0 Å². The summed E-state index contributed by atoms with van der Waals surface area (Å²) >= 11 is 0. The lowest BCUT2D eigenvalue weighted by Gasteiger charge is -2.24. The summed E-state index contributed by atoms with van der Waals surface area (Å²) in [5.41, 5.74) is 1.85. The summed E-state index contributed by atoms with van der Waals surface area (Å²) in [5, 5.41) is 6.14. The molecule has 0 heterocycles. The van der Waals surface area contributed by atoms with E-state index in [-0.39, 0.29) is 18.0 Å². The smallest absolute Gasteiger partial charge is 0.239 e. The molecule has 0 atom stereocenters. The highest BCUT2D eigenvalue weighted by atomic mass is 16.5. The Labute approximate surface area is 115 Å². The van der Waals surface area contributed by atoms with Gasteiger partial charge in [0, 0.05) is 11.2 Å². The van der Waals surface area contributed by atoms with Crippen LogP contribution in [0.15, 0.2) is 18.2 Å². The Hall–Kier alpha value is -1.71. The second kappa shape index (κ2) is 6.45. The number of amides is 1. The third-order valence-corrected chi connectivity index (χ3v) is 3.23. The number of benzene rings is 1. The Balaban J connectivity index is 2.55. The number of rotatable bonds is 6. The molecule has 0 saturated carbocycles. The number of hydrogen-bond donors (Lipinski definition) is 2. The van der Waals surface area contributed by atoms with Crippen molar-refractivity contribution < 1.29 is 9.53 Å². The molecule has 0 aliphatic rings. The third-order valence-electron chi connectivity index (χ3n) is 3.23. The highest BCUT2D eigenvalue weighted by Crippen LogP contribution is 2.20. The van der Waals surface area contributed by atoms with E-state index in [2.05, 4.69) is 17.6 Å². The minimum absolute atomic E-state index is 0.00191. The van der Waals surface area contributed by atoms with Gasteiger partial charge in [-0.3, -0.25) is 4.79 Å². The Bertz CT molecular complexity index is 442. The fourth-order valence-electron chi connectivity index (χ4n) is 1.65. The normalized spacial score (nSPS) is 11.0. The molecule has 0 bridgehead atoms. The molecule has 4 heteroatoms. The number of anilines is 1. The van der Waals surface area contributed by atoms with E-state index in [1.807, 2.05) is 39.0 Å². The molecule has 0 unspecified atom stereocenters. The number of carbonyl (C=O) groups is 1. The lowest BCUT2D eigenvalue weighted by Crippen LogP contribution is -2.45. The molecule has 1 aromatic rings. The van der Waals surface area contributed by atoms with Crippen LogP contribution in [0.3, 0.4) is 0 Å². The van der Waals surface area contributed by atoms with Crippen molar-refractivity contribution in [2.75, 3.05) is 19.0 Å². The number of aryl methyl sites for hydroxylation is 1. The third kappa shape index (κ3) is 4.81. The van der Waals surface area contributed by atoms with Crippen LogP contribution in [-0.2, 0) is 4.79 Å². The fraction of sp³-hybridized carbons (Fsp3) is 0.533. The Kier molecular flexibility index (Phi) is 5.21. The molecule has 0 aromatic heterocycles. The zero-order valence-electron chi connectivity index (χ0n) is 12.5.